The van der Waals surface area contributed by atoms with E-state index in [0.717, 1.165) is 0 Å². The molecule has 32 heavy (non-hydrogen) atoms. The predicted octanol–water partition coefficient (Wildman–Crippen LogP) is 3.75. The summed E-state index contributed by atoms with van der Waals surface area (Å²) in [6.07, 6.45) is -2.57. The molecule has 1 aliphatic heterocycles. The summed E-state index contributed by atoms with van der Waals surface area (Å²) in [6.45, 7) is 4.89. The van der Waals surface area contributed by atoms with Gasteiger partial charge in [-0.15, -0.1) is 0 Å². The van der Waals surface area contributed by atoms with Crippen LogP contribution in [0.15, 0.2) is 54.6 Å². The van der Waals surface area contributed by atoms with Crippen molar-refractivity contribution in [1.82, 2.24) is 4.90 Å². The van der Waals surface area contributed by atoms with Crippen LogP contribution in [0.1, 0.15) is 44.4 Å². The minimum atomic E-state index is -1.38. The Morgan fingerprint density at radius 2 is 1.75 bits per heavy atom. The monoisotopic (exact) mass is 443 g/mol. The molecule has 0 saturated carbocycles. The number of aliphatic hydroxyl groups is 1. The maximum absolute atomic E-state index is 13.3. The first-order valence-corrected chi connectivity index (χ1v) is 10.3. The fraction of sp³-hybridized carbons (Fsp3) is 0.375. The fourth-order valence-corrected chi connectivity index (χ4v) is 3.60. The van der Waals surface area contributed by atoms with Gasteiger partial charge in [-0.05, 0) is 44.0 Å². The van der Waals surface area contributed by atoms with Crippen molar-refractivity contribution >= 4 is 18.0 Å². The number of rotatable bonds is 5. The minimum Gasteiger partial charge on any atom is -0.458 e. The van der Waals surface area contributed by atoms with Gasteiger partial charge in [0.05, 0.1) is 6.10 Å². The first-order valence-electron chi connectivity index (χ1n) is 10.3. The largest absolute Gasteiger partial charge is 0.458 e. The molecule has 1 fully saturated rings. The Morgan fingerprint density at radius 1 is 1.12 bits per heavy atom. The van der Waals surface area contributed by atoms with E-state index < -0.39 is 47.5 Å². The maximum atomic E-state index is 13.3. The first kappa shape index (κ1) is 23.4. The van der Waals surface area contributed by atoms with Gasteiger partial charge in [-0.2, -0.15) is 0 Å². The van der Waals surface area contributed by atoms with E-state index in [0.29, 0.717) is 16.0 Å². The van der Waals surface area contributed by atoms with E-state index in [9.17, 15) is 23.9 Å². The van der Waals surface area contributed by atoms with Crippen molar-refractivity contribution in [3.63, 3.8) is 0 Å². The molecule has 1 heterocycles. The summed E-state index contributed by atoms with van der Waals surface area (Å²) >= 11 is 0. The highest BCUT2D eigenvalue weighted by Crippen LogP contribution is 2.37. The van der Waals surface area contributed by atoms with E-state index in [2.05, 4.69) is 0 Å². The summed E-state index contributed by atoms with van der Waals surface area (Å²) in [5.74, 6) is -2.96. The number of ether oxygens (including phenoxy) is 2. The summed E-state index contributed by atoms with van der Waals surface area (Å²) in [4.78, 5) is 39.3. The van der Waals surface area contributed by atoms with Crippen LogP contribution in [0.5, 0.6) is 0 Å². The second-order valence-electron chi connectivity index (χ2n) is 8.65. The van der Waals surface area contributed by atoms with Crippen molar-refractivity contribution in [3.8, 4) is 0 Å². The molecule has 0 aromatic heterocycles. The SMILES string of the molecule is CC(C)(C)OC(=O)[C@@H]1[C@H](C(O)c2ccc(F)cc2)CC(=O)N1C(=O)OCc1ccccc1. The Bertz CT molecular complexity index is 970. The highest BCUT2D eigenvalue weighted by molar-refractivity contribution is 6.00. The number of carbonyl (C=O) groups excluding carboxylic acids is 3. The number of hydrogen-bond donors (Lipinski definition) is 1. The van der Waals surface area contributed by atoms with Gasteiger partial charge in [0.1, 0.15) is 24.1 Å². The number of likely N-dealkylation sites (tertiary alicyclic amines) is 1. The zero-order valence-electron chi connectivity index (χ0n) is 18.2. The molecule has 1 unspecified atom stereocenters. The molecule has 2 aromatic carbocycles. The van der Waals surface area contributed by atoms with Crippen molar-refractivity contribution in [3.05, 3.63) is 71.5 Å². The minimum absolute atomic E-state index is 0.0876. The van der Waals surface area contributed by atoms with Gasteiger partial charge in [0.15, 0.2) is 0 Å². The maximum Gasteiger partial charge on any atom is 0.417 e. The molecule has 0 radical (unpaired) electrons. The summed E-state index contributed by atoms with van der Waals surface area (Å²) < 4.78 is 24.0. The normalized spacial score (nSPS) is 19.5. The van der Waals surface area contributed by atoms with Gasteiger partial charge >= 0.3 is 12.1 Å². The molecule has 7 nitrogen and oxygen atoms in total. The van der Waals surface area contributed by atoms with Gasteiger partial charge in [-0.3, -0.25) is 4.79 Å². The van der Waals surface area contributed by atoms with Crippen LogP contribution in [0, 0.1) is 11.7 Å². The molecule has 3 rings (SSSR count). The lowest BCUT2D eigenvalue weighted by atomic mass is 9.89. The van der Waals surface area contributed by atoms with E-state index in [1.165, 1.54) is 24.3 Å². The van der Waals surface area contributed by atoms with Gasteiger partial charge in [-0.1, -0.05) is 42.5 Å². The van der Waals surface area contributed by atoms with Crippen molar-refractivity contribution in [2.45, 2.75) is 51.5 Å². The van der Waals surface area contributed by atoms with Crippen molar-refractivity contribution < 1.29 is 33.4 Å². The molecule has 2 aromatic rings. The molecule has 8 heteroatoms. The highest BCUT2D eigenvalue weighted by atomic mass is 19.1. The number of aliphatic hydroxyl groups excluding tert-OH is 1. The van der Waals surface area contributed by atoms with Gasteiger partial charge in [-0.25, -0.2) is 18.9 Å². The topological polar surface area (TPSA) is 93.1 Å². The van der Waals surface area contributed by atoms with Crippen LogP contribution in [0.2, 0.25) is 0 Å². The average molecular weight is 443 g/mol. The number of amides is 2. The Morgan fingerprint density at radius 3 is 2.34 bits per heavy atom. The molecule has 1 aliphatic rings. The van der Waals surface area contributed by atoms with Crippen LogP contribution in [0.4, 0.5) is 9.18 Å². The van der Waals surface area contributed by atoms with Crippen LogP contribution in [0.25, 0.3) is 0 Å². The van der Waals surface area contributed by atoms with Crippen molar-refractivity contribution in [2.75, 3.05) is 0 Å². The van der Waals surface area contributed by atoms with E-state index in [1.807, 2.05) is 6.07 Å². The molecule has 3 atom stereocenters. The lowest BCUT2D eigenvalue weighted by Crippen LogP contribution is -2.48. The molecular weight excluding hydrogens is 417 g/mol. The molecule has 0 aliphatic carbocycles. The van der Waals surface area contributed by atoms with Crippen LogP contribution in [-0.4, -0.2) is 39.6 Å². The summed E-state index contributed by atoms with van der Waals surface area (Å²) in [5.41, 5.74) is 0.148. The van der Waals surface area contributed by atoms with Gasteiger partial charge in [0.2, 0.25) is 5.91 Å². The highest BCUT2D eigenvalue weighted by Gasteiger charge is 2.52. The Kier molecular flexibility index (Phi) is 6.93. The Labute approximate surface area is 185 Å². The summed E-state index contributed by atoms with van der Waals surface area (Å²) in [6, 6.07) is 12.6. The Hall–Kier alpha value is -3.26. The lowest BCUT2D eigenvalue weighted by molar-refractivity contribution is -0.163. The first-order chi connectivity index (χ1) is 15.1. The van der Waals surface area contributed by atoms with E-state index in [4.69, 9.17) is 9.47 Å². The number of esters is 1. The third kappa shape index (κ3) is 5.50. The van der Waals surface area contributed by atoms with Crippen LogP contribution in [0.3, 0.4) is 0 Å². The molecular formula is C24H26FNO6. The predicted molar refractivity (Wildman–Crippen MR) is 113 cm³/mol. The fourth-order valence-electron chi connectivity index (χ4n) is 3.60. The number of imide groups is 1. The lowest BCUT2D eigenvalue weighted by Gasteiger charge is -2.30. The Balaban J connectivity index is 1.86. The van der Waals surface area contributed by atoms with Crippen molar-refractivity contribution in [1.29, 1.82) is 0 Å². The molecule has 1 N–H and O–H groups in total. The quantitative estimate of drug-likeness (QED) is 0.708. The van der Waals surface area contributed by atoms with E-state index in [-0.39, 0.29) is 13.0 Å². The zero-order chi connectivity index (χ0) is 23.5. The number of carbonyl (C=O) groups is 3. The van der Waals surface area contributed by atoms with Gasteiger partial charge in [0.25, 0.3) is 0 Å². The smallest absolute Gasteiger partial charge is 0.417 e. The second kappa shape index (κ2) is 9.48. The van der Waals surface area contributed by atoms with Crippen LogP contribution < -0.4 is 0 Å². The molecule has 170 valence electrons. The number of halogens is 1. The number of hydrogen-bond acceptors (Lipinski definition) is 6. The van der Waals surface area contributed by atoms with Gasteiger partial charge in [0, 0.05) is 12.3 Å². The third-order valence-corrected chi connectivity index (χ3v) is 5.03. The standard InChI is InChI=1S/C24H26FNO6/c1-24(2,3)32-22(29)20-18(21(28)16-9-11-17(25)12-10-16)13-19(27)26(20)23(30)31-14-15-7-5-4-6-8-15/h4-12,18,20-21,28H,13-14H2,1-3H3/t18-,20+,21?/m1/s1. The number of nitrogens with zero attached hydrogens (tertiary/aromatic N) is 1. The average Bonchev–Trinajstić information content (AvgIpc) is 3.09. The van der Waals surface area contributed by atoms with Crippen LogP contribution >= 0.6 is 0 Å². The van der Waals surface area contributed by atoms with E-state index in [1.54, 1.807) is 45.0 Å². The molecule has 2 amide bonds. The molecule has 0 spiro atoms. The summed E-state index contributed by atoms with van der Waals surface area (Å²) in [7, 11) is 0. The third-order valence-electron chi connectivity index (χ3n) is 5.03. The molecule has 0 bridgehead atoms. The van der Waals surface area contributed by atoms with Crippen LogP contribution in [-0.2, 0) is 25.7 Å². The van der Waals surface area contributed by atoms with Crippen molar-refractivity contribution in [2.24, 2.45) is 5.92 Å². The summed E-state index contributed by atoms with van der Waals surface area (Å²) in [5, 5.41) is 10.9. The molecule has 1 saturated heterocycles. The number of benzene rings is 2. The zero-order valence-corrected chi connectivity index (χ0v) is 18.2. The van der Waals surface area contributed by atoms with Gasteiger partial charge < -0.3 is 14.6 Å². The van der Waals surface area contributed by atoms with E-state index >= 15 is 0 Å². The second-order valence-corrected chi connectivity index (χ2v) is 8.65.